The highest BCUT2D eigenvalue weighted by molar-refractivity contribution is 6.31. The van der Waals surface area contributed by atoms with Crippen molar-refractivity contribution in [3.63, 3.8) is 0 Å². The predicted octanol–water partition coefficient (Wildman–Crippen LogP) is 3.73. The van der Waals surface area contributed by atoms with Crippen molar-refractivity contribution >= 4 is 17.5 Å². The molecule has 0 aromatic heterocycles. The molecule has 0 radical (unpaired) electrons. The number of likely N-dealkylation sites (tertiary alicyclic amines) is 1. The number of halogens is 1. The largest absolute Gasteiger partial charge is 0.490 e. The molecule has 1 heterocycles. The van der Waals surface area contributed by atoms with Crippen molar-refractivity contribution in [2.45, 2.75) is 44.6 Å². The van der Waals surface area contributed by atoms with E-state index < -0.39 is 0 Å². The first kappa shape index (κ1) is 17.6. The van der Waals surface area contributed by atoms with Crippen LogP contribution in [0.3, 0.4) is 0 Å². The summed E-state index contributed by atoms with van der Waals surface area (Å²) >= 11 is 6.16. The molecule has 1 aromatic carbocycles. The summed E-state index contributed by atoms with van der Waals surface area (Å²) in [7, 11) is 1.96. The van der Waals surface area contributed by atoms with Crippen molar-refractivity contribution in [1.82, 2.24) is 10.2 Å². The standard InChI is InChI=1S/C19H27ClN2O2/c1-21-12-14-5-4-10-22(13-14)19(23)17-11-15(20)8-9-18(17)24-16-6-2-3-7-16/h8-9,11,14,16,21H,2-7,10,12-13H2,1H3. The number of piperidine rings is 1. The van der Waals surface area contributed by atoms with Gasteiger partial charge in [0.1, 0.15) is 5.75 Å². The Morgan fingerprint density at radius 1 is 1.29 bits per heavy atom. The number of hydrogen-bond acceptors (Lipinski definition) is 3. The van der Waals surface area contributed by atoms with Gasteiger partial charge in [0.05, 0.1) is 11.7 Å². The molecule has 1 aliphatic heterocycles. The number of nitrogens with zero attached hydrogens (tertiary/aromatic N) is 1. The van der Waals surface area contributed by atoms with E-state index >= 15 is 0 Å². The summed E-state index contributed by atoms with van der Waals surface area (Å²) in [5.74, 6) is 1.25. The maximum Gasteiger partial charge on any atom is 0.257 e. The molecule has 1 unspecified atom stereocenters. The predicted molar refractivity (Wildman–Crippen MR) is 96.9 cm³/mol. The fourth-order valence-corrected chi connectivity index (χ4v) is 4.01. The Bertz CT molecular complexity index is 570. The molecule has 2 aliphatic rings. The average molecular weight is 351 g/mol. The van der Waals surface area contributed by atoms with Crippen LogP contribution >= 0.6 is 11.6 Å². The number of ether oxygens (including phenoxy) is 1. The molecule has 4 nitrogen and oxygen atoms in total. The molecule has 2 fully saturated rings. The summed E-state index contributed by atoms with van der Waals surface area (Å²) in [5, 5.41) is 3.81. The van der Waals surface area contributed by atoms with Gasteiger partial charge in [0.2, 0.25) is 0 Å². The van der Waals surface area contributed by atoms with Crippen molar-refractivity contribution in [1.29, 1.82) is 0 Å². The highest BCUT2D eigenvalue weighted by Gasteiger charge is 2.27. The van der Waals surface area contributed by atoms with Crippen LogP contribution in [0.5, 0.6) is 5.75 Å². The normalized spacial score (nSPS) is 21.9. The molecular weight excluding hydrogens is 324 g/mol. The van der Waals surface area contributed by atoms with E-state index in [2.05, 4.69) is 5.32 Å². The number of rotatable bonds is 5. The summed E-state index contributed by atoms with van der Waals surface area (Å²) in [6.07, 6.45) is 7.02. The Morgan fingerprint density at radius 2 is 2.08 bits per heavy atom. The fourth-order valence-electron chi connectivity index (χ4n) is 3.83. The van der Waals surface area contributed by atoms with Gasteiger partial charge in [-0.3, -0.25) is 4.79 Å². The van der Waals surface area contributed by atoms with E-state index in [0.717, 1.165) is 38.9 Å². The van der Waals surface area contributed by atoms with Crippen molar-refractivity contribution in [3.8, 4) is 5.75 Å². The van der Waals surface area contributed by atoms with Crippen LogP contribution in [0, 0.1) is 5.92 Å². The molecule has 3 rings (SSSR count). The lowest BCUT2D eigenvalue weighted by Gasteiger charge is -2.33. The number of carbonyl (C=O) groups is 1. The monoisotopic (exact) mass is 350 g/mol. The molecule has 24 heavy (non-hydrogen) atoms. The van der Waals surface area contributed by atoms with Gasteiger partial charge in [0.15, 0.2) is 0 Å². The first-order valence-electron chi connectivity index (χ1n) is 9.07. The van der Waals surface area contributed by atoms with E-state index in [1.54, 1.807) is 6.07 Å². The molecule has 1 aliphatic carbocycles. The summed E-state index contributed by atoms with van der Waals surface area (Å²) in [6.45, 7) is 2.56. The van der Waals surface area contributed by atoms with E-state index in [1.165, 1.54) is 19.3 Å². The minimum absolute atomic E-state index is 0.0475. The zero-order chi connectivity index (χ0) is 16.9. The molecule has 1 saturated heterocycles. The third kappa shape index (κ3) is 4.22. The third-order valence-corrected chi connectivity index (χ3v) is 5.30. The Balaban J connectivity index is 1.76. The molecule has 0 bridgehead atoms. The van der Waals surface area contributed by atoms with Crippen LogP contribution < -0.4 is 10.1 Å². The quantitative estimate of drug-likeness (QED) is 0.879. The maximum absolute atomic E-state index is 13.1. The van der Waals surface area contributed by atoms with Crippen LogP contribution in [-0.4, -0.2) is 43.6 Å². The molecule has 1 N–H and O–H groups in total. The van der Waals surface area contributed by atoms with Crippen LogP contribution in [0.4, 0.5) is 0 Å². The molecule has 0 spiro atoms. The topological polar surface area (TPSA) is 41.6 Å². The van der Waals surface area contributed by atoms with E-state index in [1.807, 2.05) is 24.1 Å². The van der Waals surface area contributed by atoms with Crippen LogP contribution in [0.2, 0.25) is 5.02 Å². The summed E-state index contributed by atoms with van der Waals surface area (Å²) in [6, 6.07) is 5.42. The van der Waals surface area contributed by atoms with Crippen LogP contribution in [-0.2, 0) is 0 Å². The van der Waals surface area contributed by atoms with Crippen LogP contribution in [0.15, 0.2) is 18.2 Å². The van der Waals surface area contributed by atoms with Crippen molar-refractivity contribution in [3.05, 3.63) is 28.8 Å². The van der Waals surface area contributed by atoms with E-state index in [9.17, 15) is 4.79 Å². The highest BCUT2D eigenvalue weighted by Crippen LogP contribution is 2.30. The van der Waals surface area contributed by atoms with Gasteiger partial charge < -0.3 is 15.0 Å². The van der Waals surface area contributed by atoms with Gasteiger partial charge in [-0.25, -0.2) is 0 Å². The Labute approximate surface area is 149 Å². The minimum Gasteiger partial charge on any atom is -0.490 e. The number of carbonyl (C=O) groups excluding carboxylic acids is 1. The van der Waals surface area contributed by atoms with Gasteiger partial charge in [0.25, 0.3) is 5.91 Å². The van der Waals surface area contributed by atoms with E-state index in [0.29, 0.717) is 22.3 Å². The van der Waals surface area contributed by atoms with Gasteiger partial charge in [-0.05, 0) is 76.2 Å². The van der Waals surface area contributed by atoms with Crippen molar-refractivity contribution in [2.24, 2.45) is 5.92 Å². The molecule has 132 valence electrons. The van der Waals surface area contributed by atoms with Gasteiger partial charge in [0, 0.05) is 18.1 Å². The zero-order valence-electron chi connectivity index (χ0n) is 14.4. The first-order valence-corrected chi connectivity index (χ1v) is 9.45. The highest BCUT2D eigenvalue weighted by atomic mass is 35.5. The Kier molecular flexibility index (Phi) is 6.01. The van der Waals surface area contributed by atoms with Crippen LogP contribution in [0.1, 0.15) is 48.9 Å². The molecule has 1 aromatic rings. The van der Waals surface area contributed by atoms with Gasteiger partial charge in [-0.1, -0.05) is 11.6 Å². The lowest BCUT2D eigenvalue weighted by molar-refractivity contribution is 0.0667. The zero-order valence-corrected chi connectivity index (χ0v) is 15.1. The summed E-state index contributed by atoms with van der Waals surface area (Å²) < 4.78 is 6.13. The second-order valence-corrected chi connectivity index (χ2v) is 7.42. The molecule has 1 saturated carbocycles. The number of hydrogen-bond donors (Lipinski definition) is 1. The first-order chi connectivity index (χ1) is 11.7. The van der Waals surface area contributed by atoms with Gasteiger partial charge in [-0.2, -0.15) is 0 Å². The minimum atomic E-state index is 0.0475. The number of nitrogens with one attached hydrogen (secondary N) is 1. The summed E-state index contributed by atoms with van der Waals surface area (Å²) in [5.41, 5.74) is 0.611. The number of benzene rings is 1. The Morgan fingerprint density at radius 3 is 2.83 bits per heavy atom. The maximum atomic E-state index is 13.1. The van der Waals surface area contributed by atoms with Crippen LogP contribution in [0.25, 0.3) is 0 Å². The average Bonchev–Trinajstić information content (AvgIpc) is 3.09. The van der Waals surface area contributed by atoms with Gasteiger partial charge in [-0.15, -0.1) is 0 Å². The van der Waals surface area contributed by atoms with Crippen molar-refractivity contribution < 1.29 is 9.53 Å². The summed E-state index contributed by atoms with van der Waals surface area (Å²) in [4.78, 5) is 15.0. The smallest absolute Gasteiger partial charge is 0.257 e. The second-order valence-electron chi connectivity index (χ2n) is 6.98. The fraction of sp³-hybridized carbons (Fsp3) is 0.632. The van der Waals surface area contributed by atoms with E-state index in [4.69, 9.17) is 16.3 Å². The lowest BCUT2D eigenvalue weighted by Crippen LogP contribution is -2.42. The molecule has 1 atom stereocenters. The number of amides is 1. The Hall–Kier alpha value is -1.26. The molecular formula is C19H27ClN2O2. The molecule has 5 heteroatoms. The van der Waals surface area contributed by atoms with Crippen molar-refractivity contribution in [2.75, 3.05) is 26.7 Å². The molecule has 1 amide bonds. The third-order valence-electron chi connectivity index (χ3n) is 5.07. The lowest BCUT2D eigenvalue weighted by atomic mass is 9.97. The second kappa shape index (κ2) is 8.21. The van der Waals surface area contributed by atoms with E-state index in [-0.39, 0.29) is 12.0 Å². The van der Waals surface area contributed by atoms with Gasteiger partial charge >= 0.3 is 0 Å². The SMILES string of the molecule is CNCC1CCCN(C(=O)c2cc(Cl)ccc2OC2CCCC2)C1.